The molecule has 31 heavy (non-hydrogen) atoms. The molecule has 1 aliphatic carbocycles. The number of fused-ring (bicyclic) bond motifs is 1. The second-order valence-corrected chi connectivity index (χ2v) is 12.6. The lowest BCUT2D eigenvalue weighted by Crippen LogP contribution is -2.59. The molecule has 7 atom stereocenters. The van der Waals surface area contributed by atoms with Gasteiger partial charge in [0, 0.05) is 23.2 Å². The van der Waals surface area contributed by atoms with Gasteiger partial charge in [0.15, 0.2) is 0 Å². The minimum absolute atomic E-state index is 0.00502. The maximum absolute atomic E-state index is 13.8. The minimum Gasteiger partial charge on any atom is -0.394 e. The van der Waals surface area contributed by atoms with E-state index >= 15 is 0 Å². The molecule has 174 valence electrons. The van der Waals surface area contributed by atoms with Crippen molar-refractivity contribution in [1.82, 2.24) is 15.5 Å². The number of carbonyl (C=O) groups excluding carboxylic acids is 3. The van der Waals surface area contributed by atoms with Crippen molar-refractivity contribution in [2.75, 3.05) is 13.7 Å². The first-order valence-corrected chi connectivity index (χ1v) is 13.3. The number of aliphatic hydroxyl groups excluding tert-OH is 1. The summed E-state index contributed by atoms with van der Waals surface area (Å²) in [5.74, 6) is -1.42. The van der Waals surface area contributed by atoms with E-state index in [1.54, 1.807) is 23.7 Å². The van der Waals surface area contributed by atoms with Crippen LogP contribution >= 0.6 is 27.7 Å². The molecule has 3 saturated heterocycles. The van der Waals surface area contributed by atoms with Crippen molar-refractivity contribution in [2.45, 2.75) is 85.3 Å². The lowest BCUT2D eigenvalue weighted by atomic mass is 9.70. The number of amides is 3. The predicted octanol–water partition coefficient (Wildman–Crippen LogP) is 1.66. The summed E-state index contributed by atoms with van der Waals surface area (Å²) in [4.78, 5) is 42.2. The first-order chi connectivity index (χ1) is 14.8. The molecule has 4 aliphatic rings. The number of alkyl halides is 1. The zero-order valence-corrected chi connectivity index (χ0v) is 20.9. The molecular formula is C22H34BrN3O4S. The third-order valence-corrected chi connectivity index (χ3v) is 11.0. The van der Waals surface area contributed by atoms with E-state index in [1.165, 1.54) is 6.42 Å². The van der Waals surface area contributed by atoms with Crippen LogP contribution in [0.1, 0.15) is 52.4 Å². The molecule has 4 fully saturated rings. The van der Waals surface area contributed by atoms with Crippen LogP contribution in [0.5, 0.6) is 0 Å². The largest absolute Gasteiger partial charge is 0.394 e. The van der Waals surface area contributed by atoms with Crippen LogP contribution in [0.15, 0.2) is 0 Å². The Labute approximate surface area is 197 Å². The molecule has 3 amide bonds. The highest BCUT2D eigenvalue weighted by molar-refractivity contribution is 9.09. The number of nitrogens with one attached hydrogen (secondary N) is 2. The van der Waals surface area contributed by atoms with E-state index in [9.17, 15) is 19.5 Å². The first kappa shape index (κ1) is 23.4. The van der Waals surface area contributed by atoms with Gasteiger partial charge in [-0.1, -0.05) is 49.0 Å². The van der Waals surface area contributed by atoms with Crippen molar-refractivity contribution in [3.63, 3.8) is 0 Å². The van der Waals surface area contributed by atoms with Gasteiger partial charge in [-0.3, -0.25) is 14.4 Å². The van der Waals surface area contributed by atoms with Crippen molar-refractivity contribution in [2.24, 2.45) is 17.8 Å². The SMILES string of the molecule is CNC(=O)[C@H]1[C@@H]2SC3(CC2Br)C(C(=O)NC2CCCCC2)N([C@@H](CO)C(C)C)C(=O)[C@H]13. The van der Waals surface area contributed by atoms with Crippen LogP contribution in [0.4, 0.5) is 0 Å². The maximum Gasteiger partial charge on any atom is 0.244 e. The van der Waals surface area contributed by atoms with Gasteiger partial charge < -0.3 is 20.6 Å². The Hall–Kier alpha value is -0.800. The number of likely N-dealkylation sites (tertiary alicyclic amines) is 1. The standard InChI is InChI=1S/C22H34BrN3O4S/c1-11(2)14(10-27)26-18(20(29)25-12-7-5-4-6-8-12)22-9-13(23)17(31-22)15(19(28)24-3)16(22)21(26)30/h11-18,27H,4-10H2,1-3H3,(H,24,28)(H,25,29)/t13?,14-,15+,16-,17+,18?,22?/m0/s1. The van der Waals surface area contributed by atoms with Crippen LogP contribution in [-0.4, -0.2) is 74.3 Å². The highest BCUT2D eigenvalue weighted by Gasteiger charge is 2.76. The smallest absolute Gasteiger partial charge is 0.244 e. The molecule has 0 radical (unpaired) electrons. The van der Waals surface area contributed by atoms with Gasteiger partial charge in [0.1, 0.15) is 6.04 Å². The Morgan fingerprint density at radius 2 is 1.94 bits per heavy atom. The van der Waals surface area contributed by atoms with Crippen molar-refractivity contribution in [3.8, 4) is 0 Å². The molecule has 3 aliphatic heterocycles. The van der Waals surface area contributed by atoms with E-state index < -0.39 is 28.7 Å². The number of carbonyl (C=O) groups is 3. The molecule has 9 heteroatoms. The zero-order chi connectivity index (χ0) is 22.5. The van der Waals surface area contributed by atoms with Gasteiger partial charge in [-0.15, -0.1) is 11.8 Å². The molecule has 1 saturated carbocycles. The van der Waals surface area contributed by atoms with Gasteiger partial charge in [-0.2, -0.15) is 0 Å². The number of rotatable bonds is 6. The van der Waals surface area contributed by atoms with Gasteiger partial charge in [-0.05, 0) is 25.2 Å². The minimum atomic E-state index is -0.670. The third kappa shape index (κ3) is 3.62. The lowest BCUT2D eigenvalue weighted by molar-refractivity contribution is -0.143. The first-order valence-electron chi connectivity index (χ1n) is 11.5. The average Bonchev–Trinajstić information content (AvgIpc) is 3.32. The third-order valence-electron chi connectivity index (χ3n) is 7.79. The Morgan fingerprint density at radius 1 is 1.26 bits per heavy atom. The van der Waals surface area contributed by atoms with Gasteiger partial charge in [-0.25, -0.2) is 0 Å². The van der Waals surface area contributed by atoms with E-state index in [-0.39, 0.29) is 46.4 Å². The number of halogens is 1. The Balaban J connectivity index is 1.74. The van der Waals surface area contributed by atoms with Crippen molar-refractivity contribution in [1.29, 1.82) is 0 Å². The number of hydrogen-bond donors (Lipinski definition) is 3. The fourth-order valence-corrected chi connectivity index (χ4v) is 9.94. The summed E-state index contributed by atoms with van der Waals surface area (Å²) in [6, 6.07) is -0.983. The molecule has 0 aromatic heterocycles. The fraction of sp³-hybridized carbons (Fsp3) is 0.864. The molecule has 2 bridgehead atoms. The zero-order valence-electron chi connectivity index (χ0n) is 18.5. The van der Waals surface area contributed by atoms with E-state index in [0.717, 1.165) is 25.7 Å². The highest BCUT2D eigenvalue weighted by atomic mass is 79.9. The van der Waals surface area contributed by atoms with Gasteiger partial charge in [0.05, 0.1) is 29.2 Å². The molecule has 7 nitrogen and oxygen atoms in total. The molecule has 3 unspecified atom stereocenters. The molecular weight excluding hydrogens is 482 g/mol. The van der Waals surface area contributed by atoms with E-state index in [2.05, 4.69) is 26.6 Å². The molecule has 1 spiro atoms. The summed E-state index contributed by atoms with van der Waals surface area (Å²) < 4.78 is -0.645. The van der Waals surface area contributed by atoms with Gasteiger partial charge in [0.25, 0.3) is 0 Å². The molecule has 0 aromatic rings. The quantitative estimate of drug-likeness (QED) is 0.467. The van der Waals surface area contributed by atoms with Crippen LogP contribution in [0.2, 0.25) is 0 Å². The summed E-state index contributed by atoms with van der Waals surface area (Å²) in [6.07, 6.45) is 6.01. The second-order valence-electron chi connectivity index (χ2n) is 9.86. The Kier molecular flexibility index (Phi) is 6.68. The van der Waals surface area contributed by atoms with Crippen molar-refractivity contribution >= 4 is 45.4 Å². The second kappa shape index (κ2) is 8.86. The summed E-state index contributed by atoms with van der Waals surface area (Å²) in [7, 11) is 1.60. The number of nitrogens with zero attached hydrogens (tertiary/aromatic N) is 1. The van der Waals surface area contributed by atoms with Crippen molar-refractivity contribution in [3.05, 3.63) is 0 Å². The van der Waals surface area contributed by atoms with Crippen LogP contribution in [0.3, 0.4) is 0 Å². The van der Waals surface area contributed by atoms with Crippen LogP contribution < -0.4 is 10.6 Å². The topological polar surface area (TPSA) is 98.7 Å². The molecule has 3 heterocycles. The van der Waals surface area contributed by atoms with Crippen molar-refractivity contribution < 1.29 is 19.5 Å². The monoisotopic (exact) mass is 515 g/mol. The van der Waals surface area contributed by atoms with Crippen LogP contribution in [-0.2, 0) is 14.4 Å². The highest BCUT2D eigenvalue weighted by Crippen LogP contribution is 2.68. The predicted molar refractivity (Wildman–Crippen MR) is 124 cm³/mol. The molecule has 4 rings (SSSR count). The molecule has 3 N–H and O–H groups in total. The Morgan fingerprint density at radius 3 is 2.52 bits per heavy atom. The summed E-state index contributed by atoms with van der Waals surface area (Å²) in [6.45, 7) is 3.73. The average molecular weight is 517 g/mol. The fourth-order valence-electron chi connectivity index (χ4n) is 6.34. The summed E-state index contributed by atoms with van der Waals surface area (Å²) in [5.41, 5.74) is 0. The number of hydrogen-bond acceptors (Lipinski definition) is 5. The number of aliphatic hydroxyl groups is 1. The normalized spacial score (nSPS) is 38.5. The number of thioether (sulfide) groups is 1. The van der Waals surface area contributed by atoms with E-state index in [4.69, 9.17) is 0 Å². The maximum atomic E-state index is 13.8. The van der Waals surface area contributed by atoms with Gasteiger partial charge in [0.2, 0.25) is 17.7 Å². The Bertz CT molecular complexity index is 746. The summed E-state index contributed by atoms with van der Waals surface area (Å²) >= 11 is 5.39. The summed E-state index contributed by atoms with van der Waals surface area (Å²) in [5, 5.41) is 16.1. The van der Waals surface area contributed by atoms with Crippen LogP contribution in [0, 0.1) is 17.8 Å². The van der Waals surface area contributed by atoms with E-state index in [0.29, 0.717) is 6.42 Å². The molecule has 0 aromatic carbocycles. The van der Waals surface area contributed by atoms with E-state index in [1.807, 2.05) is 13.8 Å². The van der Waals surface area contributed by atoms with Gasteiger partial charge >= 0.3 is 0 Å². The van der Waals surface area contributed by atoms with Crippen LogP contribution in [0.25, 0.3) is 0 Å². The lowest BCUT2D eigenvalue weighted by Gasteiger charge is -2.39.